The summed E-state index contributed by atoms with van der Waals surface area (Å²) in [6.07, 6.45) is 1.64. The Kier molecular flexibility index (Phi) is 3.21. The van der Waals surface area contributed by atoms with Crippen LogP contribution in [0.1, 0.15) is 10.4 Å². The van der Waals surface area contributed by atoms with Crippen LogP contribution in [0, 0.1) is 0 Å². The van der Waals surface area contributed by atoms with Gasteiger partial charge in [-0.1, -0.05) is 0 Å². The number of carboxylic acids is 1. The van der Waals surface area contributed by atoms with E-state index in [4.69, 9.17) is 10.8 Å². The van der Waals surface area contributed by atoms with Gasteiger partial charge in [0.1, 0.15) is 5.52 Å². The van der Waals surface area contributed by atoms with Gasteiger partial charge >= 0.3 is 5.97 Å². The van der Waals surface area contributed by atoms with Crippen LogP contribution in [-0.2, 0) is 0 Å². The number of carbonyl (C=O) groups is 1. The second kappa shape index (κ2) is 4.64. The largest absolute Gasteiger partial charge is 0.478 e. The first-order valence-electron chi connectivity index (χ1n) is 5.02. The molecule has 0 saturated heterocycles. The van der Waals surface area contributed by atoms with Crippen molar-refractivity contribution >= 4 is 33.5 Å². The third-order valence-electron chi connectivity index (χ3n) is 2.34. The lowest BCUT2D eigenvalue weighted by Crippen LogP contribution is -2.26. The number of aromatic carboxylic acids is 1. The number of nitrogens with zero attached hydrogens (tertiary/aromatic N) is 3. The van der Waals surface area contributed by atoms with E-state index in [-0.39, 0.29) is 5.56 Å². The van der Waals surface area contributed by atoms with Gasteiger partial charge in [0.2, 0.25) is 5.95 Å². The molecule has 2 heterocycles. The van der Waals surface area contributed by atoms with Crippen molar-refractivity contribution in [1.82, 2.24) is 9.97 Å². The van der Waals surface area contributed by atoms with Gasteiger partial charge in [0.15, 0.2) is 0 Å². The lowest BCUT2D eigenvalue weighted by Gasteiger charge is -2.15. The molecule has 0 aromatic carbocycles. The minimum Gasteiger partial charge on any atom is -0.478 e. The van der Waals surface area contributed by atoms with Crippen molar-refractivity contribution < 1.29 is 9.90 Å². The van der Waals surface area contributed by atoms with Crippen LogP contribution in [0.5, 0.6) is 0 Å². The molecule has 0 unspecified atom stereocenters. The average molecular weight is 252 g/mol. The number of anilines is 1. The van der Waals surface area contributed by atoms with Crippen LogP contribution in [0.25, 0.3) is 10.2 Å². The minimum absolute atomic E-state index is 0.217. The number of fused-ring (bicyclic) bond motifs is 1. The number of hydrogen-bond acceptors (Lipinski definition) is 6. The van der Waals surface area contributed by atoms with E-state index >= 15 is 0 Å². The van der Waals surface area contributed by atoms with Crippen molar-refractivity contribution in [1.29, 1.82) is 0 Å². The van der Waals surface area contributed by atoms with E-state index in [2.05, 4.69) is 9.97 Å². The first kappa shape index (κ1) is 11.7. The maximum absolute atomic E-state index is 11.0. The Morgan fingerprint density at radius 3 is 3.06 bits per heavy atom. The van der Waals surface area contributed by atoms with Crippen molar-refractivity contribution in [2.75, 3.05) is 25.0 Å². The molecule has 0 spiro atoms. The Balaban J connectivity index is 2.47. The monoisotopic (exact) mass is 252 g/mol. The lowest BCUT2D eigenvalue weighted by molar-refractivity contribution is 0.0699. The third-order valence-corrected chi connectivity index (χ3v) is 3.24. The average Bonchev–Trinajstić information content (AvgIpc) is 2.71. The second-order valence-electron chi connectivity index (χ2n) is 3.55. The van der Waals surface area contributed by atoms with E-state index in [0.29, 0.717) is 24.6 Å². The SMILES string of the molecule is CN(CCN)c1ncc2scc(C(=O)O)c2n1. The van der Waals surface area contributed by atoms with Crippen molar-refractivity contribution in [3.8, 4) is 0 Å². The number of aromatic nitrogens is 2. The summed E-state index contributed by atoms with van der Waals surface area (Å²) in [5.41, 5.74) is 6.15. The van der Waals surface area contributed by atoms with Crippen molar-refractivity contribution in [3.63, 3.8) is 0 Å². The molecule has 2 rings (SSSR count). The van der Waals surface area contributed by atoms with Crippen molar-refractivity contribution in [3.05, 3.63) is 17.1 Å². The molecule has 0 amide bonds. The van der Waals surface area contributed by atoms with E-state index in [0.717, 1.165) is 4.70 Å². The van der Waals surface area contributed by atoms with Crippen LogP contribution < -0.4 is 10.6 Å². The number of rotatable bonds is 4. The predicted octanol–water partition coefficient (Wildman–Crippen LogP) is 0.784. The molecule has 17 heavy (non-hydrogen) atoms. The van der Waals surface area contributed by atoms with Crippen molar-refractivity contribution in [2.24, 2.45) is 5.73 Å². The highest BCUT2D eigenvalue weighted by Gasteiger charge is 2.14. The lowest BCUT2D eigenvalue weighted by atomic mass is 10.3. The molecule has 0 atom stereocenters. The van der Waals surface area contributed by atoms with E-state index in [1.165, 1.54) is 11.3 Å². The van der Waals surface area contributed by atoms with E-state index < -0.39 is 5.97 Å². The highest BCUT2D eigenvalue weighted by Crippen LogP contribution is 2.25. The fourth-order valence-electron chi connectivity index (χ4n) is 1.45. The molecule has 0 aliphatic carbocycles. The molecule has 2 aromatic rings. The maximum Gasteiger partial charge on any atom is 0.338 e. The van der Waals surface area contributed by atoms with E-state index in [1.807, 2.05) is 7.05 Å². The molecule has 0 saturated carbocycles. The molecule has 0 aliphatic heterocycles. The highest BCUT2D eigenvalue weighted by atomic mass is 32.1. The van der Waals surface area contributed by atoms with Gasteiger partial charge in [-0.15, -0.1) is 11.3 Å². The Morgan fingerprint density at radius 1 is 1.65 bits per heavy atom. The molecular weight excluding hydrogens is 240 g/mol. The van der Waals surface area contributed by atoms with Gasteiger partial charge < -0.3 is 15.7 Å². The normalized spacial score (nSPS) is 10.7. The summed E-state index contributed by atoms with van der Waals surface area (Å²) in [6, 6.07) is 0. The van der Waals surface area contributed by atoms with Crippen LogP contribution >= 0.6 is 11.3 Å². The summed E-state index contributed by atoms with van der Waals surface area (Å²) >= 11 is 1.33. The fraction of sp³-hybridized carbons (Fsp3) is 0.300. The summed E-state index contributed by atoms with van der Waals surface area (Å²) in [5.74, 6) is -0.480. The van der Waals surface area contributed by atoms with Crippen LogP contribution in [0.4, 0.5) is 5.95 Å². The van der Waals surface area contributed by atoms with Gasteiger partial charge in [0, 0.05) is 25.5 Å². The predicted molar refractivity (Wildman–Crippen MR) is 66.7 cm³/mol. The number of thiophene rings is 1. The van der Waals surface area contributed by atoms with Crippen LogP contribution in [0.3, 0.4) is 0 Å². The molecule has 0 bridgehead atoms. The summed E-state index contributed by atoms with van der Waals surface area (Å²) in [5, 5.41) is 10.6. The summed E-state index contributed by atoms with van der Waals surface area (Å²) in [6.45, 7) is 1.12. The topological polar surface area (TPSA) is 92.3 Å². The Morgan fingerprint density at radius 2 is 2.41 bits per heavy atom. The standard InChI is InChI=1S/C10H12N4O2S/c1-14(3-2-11)10-12-4-7-8(13-10)6(5-17-7)9(15)16/h4-5H,2-3,11H2,1H3,(H,15,16). The second-order valence-corrected chi connectivity index (χ2v) is 4.46. The van der Waals surface area contributed by atoms with Gasteiger partial charge in [-0.05, 0) is 0 Å². The zero-order valence-corrected chi connectivity index (χ0v) is 10.1. The van der Waals surface area contributed by atoms with Crippen LogP contribution in [0.15, 0.2) is 11.6 Å². The molecule has 6 nitrogen and oxygen atoms in total. The zero-order chi connectivity index (χ0) is 12.4. The smallest absolute Gasteiger partial charge is 0.338 e. The van der Waals surface area contributed by atoms with Gasteiger partial charge in [-0.3, -0.25) is 0 Å². The highest BCUT2D eigenvalue weighted by molar-refractivity contribution is 7.17. The van der Waals surface area contributed by atoms with E-state index in [1.54, 1.807) is 16.5 Å². The van der Waals surface area contributed by atoms with Gasteiger partial charge in [-0.25, -0.2) is 14.8 Å². The third kappa shape index (κ3) is 2.20. The molecular formula is C10H12N4O2S. The number of nitrogens with two attached hydrogens (primary N) is 1. The molecule has 0 radical (unpaired) electrons. The van der Waals surface area contributed by atoms with Crippen LogP contribution in [0.2, 0.25) is 0 Å². The van der Waals surface area contributed by atoms with Gasteiger partial charge in [0.25, 0.3) is 0 Å². The quantitative estimate of drug-likeness (QED) is 0.835. The maximum atomic E-state index is 11.0. The van der Waals surface area contributed by atoms with E-state index in [9.17, 15) is 4.79 Å². The first-order valence-corrected chi connectivity index (χ1v) is 5.90. The molecule has 3 N–H and O–H groups in total. The Labute approximate surface area is 102 Å². The summed E-state index contributed by atoms with van der Waals surface area (Å²) in [4.78, 5) is 21.2. The Bertz CT molecular complexity index is 554. The number of likely N-dealkylation sites (N-methyl/N-ethyl adjacent to an activating group) is 1. The Hall–Kier alpha value is -1.73. The number of carboxylic acid groups (broad SMARTS) is 1. The molecule has 90 valence electrons. The van der Waals surface area contributed by atoms with Crippen molar-refractivity contribution in [2.45, 2.75) is 0 Å². The number of hydrogen-bond donors (Lipinski definition) is 2. The fourth-order valence-corrected chi connectivity index (χ4v) is 2.29. The molecule has 0 fully saturated rings. The summed E-state index contributed by atoms with van der Waals surface area (Å²) in [7, 11) is 1.82. The van der Waals surface area contributed by atoms with Gasteiger partial charge in [0.05, 0.1) is 16.5 Å². The first-order chi connectivity index (χ1) is 8.13. The van der Waals surface area contributed by atoms with Crippen LogP contribution in [-0.4, -0.2) is 41.2 Å². The molecule has 7 heteroatoms. The molecule has 2 aromatic heterocycles. The summed E-state index contributed by atoms with van der Waals surface area (Å²) < 4.78 is 0.771. The minimum atomic E-state index is -0.970. The zero-order valence-electron chi connectivity index (χ0n) is 9.25. The van der Waals surface area contributed by atoms with Gasteiger partial charge in [-0.2, -0.15) is 0 Å². The molecule has 0 aliphatic rings.